The smallest absolute Gasteiger partial charge is 0.276 e. The molecular formula is C18H18N4O. The number of aryl methyl sites for hydroxylation is 2. The van der Waals surface area contributed by atoms with Crippen molar-refractivity contribution in [2.75, 3.05) is 11.9 Å². The van der Waals surface area contributed by atoms with Gasteiger partial charge in [0.1, 0.15) is 5.69 Å². The summed E-state index contributed by atoms with van der Waals surface area (Å²) in [6.07, 6.45) is 3.42. The Morgan fingerprint density at radius 2 is 1.74 bits per heavy atom. The molecule has 0 spiro atoms. The normalized spacial score (nSPS) is 10.6. The van der Waals surface area contributed by atoms with E-state index in [1.165, 1.54) is 0 Å². The lowest BCUT2D eigenvalue weighted by atomic mass is 10.2. The molecule has 2 heterocycles. The highest BCUT2D eigenvalue weighted by Gasteiger charge is 2.19. The predicted octanol–water partition coefficient (Wildman–Crippen LogP) is 3.07. The quantitative estimate of drug-likeness (QED) is 0.747. The topological polar surface area (TPSA) is 51.0 Å². The average Bonchev–Trinajstić information content (AvgIpc) is 2.97. The van der Waals surface area contributed by atoms with E-state index in [1.807, 2.05) is 49.4 Å². The Labute approximate surface area is 135 Å². The average molecular weight is 306 g/mol. The number of anilines is 1. The Morgan fingerprint density at radius 1 is 1.09 bits per heavy atom. The van der Waals surface area contributed by atoms with Crippen molar-refractivity contribution in [3.63, 3.8) is 0 Å². The van der Waals surface area contributed by atoms with Crippen molar-refractivity contribution < 1.29 is 4.79 Å². The molecule has 0 aliphatic rings. The summed E-state index contributed by atoms with van der Waals surface area (Å²) in [4.78, 5) is 18.4. The fourth-order valence-corrected chi connectivity index (χ4v) is 2.39. The standard InChI is InChI=1S/C18H18N4O/c1-13-4-6-15(7-5-13)21(2)18(23)17-12-16(20-22(17)3)14-8-10-19-11-9-14/h4-12H,1-3H3. The Bertz CT molecular complexity index is 822. The molecule has 3 rings (SSSR count). The van der Waals surface area contributed by atoms with Gasteiger partial charge in [-0.3, -0.25) is 14.5 Å². The maximum absolute atomic E-state index is 12.7. The van der Waals surface area contributed by atoms with E-state index in [0.29, 0.717) is 5.69 Å². The van der Waals surface area contributed by atoms with Gasteiger partial charge in [0.2, 0.25) is 0 Å². The molecule has 0 bridgehead atoms. The van der Waals surface area contributed by atoms with Gasteiger partial charge < -0.3 is 4.90 Å². The number of amides is 1. The second kappa shape index (κ2) is 6.04. The van der Waals surface area contributed by atoms with E-state index in [9.17, 15) is 4.79 Å². The van der Waals surface area contributed by atoms with Crippen molar-refractivity contribution in [2.24, 2.45) is 7.05 Å². The van der Waals surface area contributed by atoms with E-state index in [1.54, 1.807) is 36.1 Å². The predicted molar refractivity (Wildman–Crippen MR) is 90.4 cm³/mol. The second-order valence-corrected chi connectivity index (χ2v) is 5.47. The third kappa shape index (κ3) is 2.99. The van der Waals surface area contributed by atoms with Gasteiger partial charge in [0, 0.05) is 37.7 Å². The number of benzene rings is 1. The molecule has 0 saturated carbocycles. The molecule has 0 fully saturated rings. The van der Waals surface area contributed by atoms with Crippen LogP contribution in [0.5, 0.6) is 0 Å². The maximum Gasteiger partial charge on any atom is 0.276 e. The van der Waals surface area contributed by atoms with Crippen molar-refractivity contribution in [1.29, 1.82) is 0 Å². The van der Waals surface area contributed by atoms with Crippen LogP contribution in [0.15, 0.2) is 54.9 Å². The van der Waals surface area contributed by atoms with Crippen LogP contribution in [-0.2, 0) is 7.05 Å². The number of rotatable bonds is 3. The number of nitrogens with zero attached hydrogens (tertiary/aromatic N) is 4. The van der Waals surface area contributed by atoms with Crippen LogP contribution in [0.2, 0.25) is 0 Å². The third-order valence-electron chi connectivity index (χ3n) is 3.80. The number of hydrogen-bond acceptors (Lipinski definition) is 3. The van der Waals surface area contributed by atoms with Gasteiger partial charge in [-0.25, -0.2) is 0 Å². The molecule has 3 aromatic rings. The monoisotopic (exact) mass is 306 g/mol. The van der Waals surface area contributed by atoms with Crippen LogP contribution in [0.1, 0.15) is 16.1 Å². The zero-order valence-corrected chi connectivity index (χ0v) is 13.4. The van der Waals surface area contributed by atoms with Gasteiger partial charge >= 0.3 is 0 Å². The van der Waals surface area contributed by atoms with Crippen LogP contribution in [0, 0.1) is 6.92 Å². The molecule has 0 N–H and O–H groups in total. The lowest BCUT2D eigenvalue weighted by Crippen LogP contribution is -2.28. The number of aromatic nitrogens is 3. The van der Waals surface area contributed by atoms with Crippen molar-refractivity contribution >= 4 is 11.6 Å². The largest absolute Gasteiger partial charge is 0.310 e. The lowest BCUT2D eigenvalue weighted by Gasteiger charge is -2.17. The Balaban J connectivity index is 1.91. The van der Waals surface area contributed by atoms with E-state index in [0.717, 1.165) is 22.5 Å². The fraction of sp³-hybridized carbons (Fsp3) is 0.167. The third-order valence-corrected chi connectivity index (χ3v) is 3.80. The Kier molecular flexibility index (Phi) is 3.93. The van der Waals surface area contributed by atoms with Crippen LogP contribution >= 0.6 is 0 Å². The van der Waals surface area contributed by atoms with E-state index < -0.39 is 0 Å². The summed E-state index contributed by atoms with van der Waals surface area (Å²) in [5.41, 5.74) is 4.26. The minimum absolute atomic E-state index is 0.0934. The highest BCUT2D eigenvalue weighted by atomic mass is 16.2. The van der Waals surface area contributed by atoms with Crippen molar-refractivity contribution in [3.8, 4) is 11.3 Å². The zero-order valence-electron chi connectivity index (χ0n) is 13.4. The minimum Gasteiger partial charge on any atom is -0.310 e. The van der Waals surface area contributed by atoms with Crippen molar-refractivity contribution in [3.05, 3.63) is 66.1 Å². The van der Waals surface area contributed by atoms with E-state index in [-0.39, 0.29) is 5.91 Å². The van der Waals surface area contributed by atoms with Gasteiger partial charge in [-0.15, -0.1) is 0 Å². The summed E-state index contributed by atoms with van der Waals surface area (Å²) < 4.78 is 1.61. The van der Waals surface area contributed by atoms with Gasteiger partial charge in [0.15, 0.2) is 0 Å². The highest BCUT2D eigenvalue weighted by molar-refractivity contribution is 6.05. The molecule has 5 nitrogen and oxygen atoms in total. The molecule has 1 aromatic carbocycles. The molecular weight excluding hydrogens is 288 g/mol. The number of carbonyl (C=O) groups is 1. The summed E-state index contributed by atoms with van der Waals surface area (Å²) in [6.45, 7) is 2.02. The summed E-state index contributed by atoms with van der Waals surface area (Å²) in [5.74, 6) is -0.0934. The molecule has 0 aliphatic heterocycles. The van der Waals surface area contributed by atoms with Gasteiger partial charge in [-0.1, -0.05) is 17.7 Å². The lowest BCUT2D eigenvalue weighted by molar-refractivity contribution is 0.0984. The van der Waals surface area contributed by atoms with E-state index in [2.05, 4.69) is 10.1 Å². The summed E-state index contributed by atoms with van der Waals surface area (Å²) >= 11 is 0. The molecule has 0 saturated heterocycles. The fourth-order valence-electron chi connectivity index (χ4n) is 2.39. The molecule has 2 aromatic heterocycles. The van der Waals surface area contributed by atoms with Gasteiger partial charge in [-0.05, 0) is 37.3 Å². The molecule has 0 aliphatic carbocycles. The maximum atomic E-state index is 12.7. The Hall–Kier alpha value is -2.95. The minimum atomic E-state index is -0.0934. The van der Waals surface area contributed by atoms with Crippen LogP contribution in [0.4, 0.5) is 5.69 Å². The first kappa shape index (κ1) is 15.0. The number of pyridine rings is 1. The zero-order chi connectivity index (χ0) is 16.4. The highest BCUT2D eigenvalue weighted by Crippen LogP contribution is 2.21. The molecule has 0 radical (unpaired) electrons. The molecule has 0 unspecified atom stereocenters. The molecule has 116 valence electrons. The summed E-state index contributed by atoms with van der Waals surface area (Å²) in [7, 11) is 3.55. The van der Waals surface area contributed by atoms with Crippen LogP contribution in [-0.4, -0.2) is 27.7 Å². The number of carbonyl (C=O) groups excluding carboxylic acids is 1. The van der Waals surface area contributed by atoms with Crippen molar-refractivity contribution in [1.82, 2.24) is 14.8 Å². The summed E-state index contributed by atoms with van der Waals surface area (Å²) in [6, 6.07) is 13.4. The molecule has 5 heteroatoms. The van der Waals surface area contributed by atoms with Crippen molar-refractivity contribution in [2.45, 2.75) is 6.92 Å². The molecule has 23 heavy (non-hydrogen) atoms. The SMILES string of the molecule is Cc1ccc(N(C)C(=O)c2cc(-c3ccncc3)nn2C)cc1. The first-order valence-corrected chi connectivity index (χ1v) is 7.35. The molecule has 0 atom stereocenters. The van der Waals surface area contributed by atoms with Gasteiger partial charge in [-0.2, -0.15) is 5.10 Å². The first-order valence-electron chi connectivity index (χ1n) is 7.35. The van der Waals surface area contributed by atoms with Gasteiger partial charge in [0.05, 0.1) is 5.69 Å². The molecule has 1 amide bonds. The van der Waals surface area contributed by atoms with Crippen LogP contribution in [0.3, 0.4) is 0 Å². The Morgan fingerprint density at radius 3 is 2.39 bits per heavy atom. The van der Waals surface area contributed by atoms with Crippen LogP contribution in [0.25, 0.3) is 11.3 Å². The summed E-state index contributed by atoms with van der Waals surface area (Å²) in [5, 5.41) is 4.43. The van der Waals surface area contributed by atoms with E-state index in [4.69, 9.17) is 0 Å². The second-order valence-electron chi connectivity index (χ2n) is 5.47. The van der Waals surface area contributed by atoms with Crippen LogP contribution < -0.4 is 4.90 Å². The first-order chi connectivity index (χ1) is 11.1. The number of hydrogen-bond donors (Lipinski definition) is 0. The van der Waals surface area contributed by atoms with E-state index >= 15 is 0 Å². The van der Waals surface area contributed by atoms with Gasteiger partial charge in [0.25, 0.3) is 5.91 Å².